The first-order valence-electron chi connectivity index (χ1n) is 4.96. The Morgan fingerprint density at radius 1 is 1.44 bits per heavy atom. The van der Waals surface area contributed by atoms with Crippen molar-refractivity contribution in [1.82, 2.24) is 0 Å². The minimum atomic E-state index is -3.60. The molecule has 96 valence electrons. The molecule has 0 heterocycles. The molecule has 1 aromatic rings. The molecule has 0 radical (unpaired) electrons. The smallest absolute Gasteiger partial charge is 0.339 e. The number of hydrogen-bond acceptors (Lipinski definition) is 4. The van der Waals surface area contributed by atoms with Crippen LogP contribution < -0.4 is 4.74 Å². The lowest BCUT2D eigenvalue weighted by Crippen LogP contribution is -2.08. The molecule has 1 rings (SSSR count). The predicted molar refractivity (Wildman–Crippen MR) is 65.5 cm³/mol. The fraction of sp³-hybridized carbons (Fsp3) is 0.250. The van der Waals surface area contributed by atoms with Gasteiger partial charge < -0.3 is 9.84 Å². The quantitative estimate of drug-likeness (QED) is 0.830. The zero-order valence-corrected chi connectivity index (χ0v) is 10.7. The lowest BCUT2D eigenvalue weighted by atomic mass is 10.2. The van der Waals surface area contributed by atoms with Gasteiger partial charge in [0.25, 0.3) is 0 Å². The van der Waals surface area contributed by atoms with Crippen LogP contribution in [0.5, 0.6) is 5.75 Å². The van der Waals surface area contributed by atoms with E-state index in [0.29, 0.717) is 0 Å². The van der Waals surface area contributed by atoms with Gasteiger partial charge in [0.1, 0.15) is 17.1 Å². The SMILES string of the molecule is CC#CCS(=O)(=O)c1ccc(OC)c(C(=O)O)c1. The highest BCUT2D eigenvalue weighted by Crippen LogP contribution is 2.23. The van der Waals surface area contributed by atoms with Crippen LogP contribution in [-0.4, -0.2) is 32.4 Å². The van der Waals surface area contributed by atoms with Crippen molar-refractivity contribution in [3.63, 3.8) is 0 Å². The van der Waals surface area contributed by atoms with Crippen LogP contribution in [0.1, 0.15) is 17.3 Å². The number of ether oxygens (including phenoxy) is 1. The molecule has 0 fully saturated rings. The van der Waals surface area contributed by atoms with Gasteiger partial charge in [-0.1, -0.05) is 5.92 Å². The molecule has 18 heavy (non-hydrogen) atoms. The normalized spacial score (nSPS) is 10.3. The predicted octanol–water partition coefficient (Wildman–Crippen LogP) is 1.19. The second-order valence-electron chi connectivity index (χ2n) is 3.35. The molecule has 0 atom stereocenters. The number of methoxy groups -OCH3 is 1. The lowest BCUT2D eigenvalue weighted by molar-refractivity contribution is 0.0693. The molecule has 0 bridgehead atoms. The van der Waals surface area contributed by atoms with Crippen molar-refractivity contribution in [3.05, 3.63) is 23.8 Å². The Morgan fingerprint density at radius 2 is 2.11 bits per heavy atom. The van der Waals surface area contributed by atoms with Crippen LogP contribution in [0.4, 0.5) is 0 Å². The average Bonchev–Trinajstić information content (AvgIpc) is 2.35. The van der Waals surface area contributed by atoms with Crippen LogP contribution in [-0.2, 0) is 9.84 Å². The van der Waals surface area contributed by atoms with E-state index in [4.69, 9.17) is 9.84 Å². The topological polar surface area (TPSA) is 80.7 Å². The summed E-state index contributed by atoms with van der Waals surface area (Å²) < 4.78 is 28.5. The summed E-state index contributed by atoms with van der Waals surface area (Å²) >= 11 is 0. The Balaban J connectivity index is 3.31. The van der Waals surface area contributed by atoms with Crippen LogP contribution in [0.3, 0.4) is 0 Å². The Hall–Kier alpha value is -2.00. The van der Waals surface area contributed by atoms with Crippen LogP contribution >= 0.6 is 0 Å². The fourth-order valence-corrected chi connectivity index (χ4v) is 2.37. The maximum absolute atomic E-state index is 11.8. The van der Waals surface area contributed by atoms with E-state index in [1.165, 1.54) is 26.2 Å². The molecule has 1 aromatic carbocycles. The Labute approximate surface area is 105 Å². The van der Waals surface area contributed by atoms with Gasteiger partial charge in [-0.25, -0.2) is 13.2 Å². The molecule has 0 aliphatic carbocycles. The van der Waals surface area contributed by atoms with E-state index in [0.717, 1.165) is 6.07 Å². The summed E-state index contributed by atoms with van der Waals surface area (Å²) in [6.07, 6.45) is 0. The van der Waals surface area contributed by atoms with E-state index in [1.807, 2.05) is 0 Å². The molecule has 0 unspecified atom stereocenters. The molecular weight excluding hydrogens is 256 g/mol. The van der Waals surface area contributed by atoms with Gasteiger partial charge in [0, 0.05) is 0 Å². The number of hydrogen-bond donors (Lipinski definition) is 1. The van der Waals surface area contributed by atoms with Crippen molar-refractivity contribution >= 4 is 15.8 Å². The fourth-order valence-electron chi connectivity index (χ4n) is 1.30. The first-order valence-corrected chi connectivity index (χ1v) is 6.61. The standard InChI is InChI=1S/C12H12O5S/c1-3-4-7-18(15,16)9-5-6-11(17-2)10(8-9)12(13)14/h5-6,8H,7H2,1-2H3,(H,13,14). The van der Waals surface area contributed by atoms with Crippen LogP contribution in [0.2, 0.25) is 0 Å². The first-order chi connectivity index (χ1) is 8.42. The van der Waals surface area contributed by atoms with Gasteiger partial charge in [-0.15, -0.1) is 5.92 Å². The monoisotopic (exact) mass is 268 g/mol. The van der Waals surface area contributed by atoms with Crippen LogP contribution in [0.15, 0.2) is 23.1 Å². The van der Waals surface area contributed by atoms with Gasteiger partial charge >= 0.3 is 5.97 Å². The molecule has 0 spiro atoms. The van der Waals surface area contributed by atoms with E-state index in [1.54, 1.807) is 0 Å². The summed E-state index contributed by atoms with van der Waals surface area (Å²) in [5.74, 6) is 3.46. The number of sulfone groups is 1. The van der Waals surface area contributed by atoms with E-state index in [-0.39, 0.29) is 22.0 Å². The summed E-state index contributed by atoms with van der Waals surface area (Å²) in [5, 5.41) is 8.96. The molecule has 0 aliphatic rings. The first kappa shape index (κ1) is 14.1. The maximum Gasteiger partial charge on any atom is 0.339 e. The van der Waals surface area contributed by atoms with Crippen molar-refractivity contribution in [2.75, 3.05) is 12.9 Å². The highest BCUT2D eigenvalue weighted by Gasteiger charge is 2.18. The minimum absolute atomic E-state index is 0.0801. The number of benzene rings is 1. The number of carboxylic acid groups (broad SMARTS) is 1. The summed E-state index contributed by atoms with van der Waals surface area (Å²) in [7, 11) is -2.28. The van der Waals surface area contributed by atoms with Gasteiger partial charge in [-0.2, -0.15) is 0 Å². The molecule has 0 saturated carbocycles. The third kappa shape index (κ3) is 3.02. The van der Waals surface area contributed by atoms with Crippen molar-refractivity contribution in [2.45, 2.75) is 11.8 Å². The van der Waals surface area contributed by atoms with Gasteiger partial charge in [0.2, 0.25) is 0 Å². The number of rotatable bonds is 4. The summed E-state index contributed by atoms with van der Waals surface area (Å²) in [6, 6.07) is 3.70. The summed E-state index contributed by atoms with van der Waals surface area (Å²) in [5.41, 5.74) is -0.192. The van der Waals surface area contributed by atoms with Gasteiger partial charge in [-0.3, -0.25) is 0 Å². The average molecular weight is 268 g/mol. The van der Waals surface area contributed by atoms with Crippen molar-refractivity contribution in [1.29, 1.82) is 0 Å². The van der Waals surface area contributed by atoms with E-state index in [2.05, 4.69) is 11.8 Å². The molecule has 5 nitrogen and oxygen atoms in total. The molecule has 0 amide bonds. The second kappa shape index (κ2) is 5.56. The maximum atomic E-state index is 11.8. The zero-order valence-electron chi connectivity index (χ0n) is 9.93. The zero-order chi connectivity index (χ0) is 13.8. The molecular formula is C12H12O5S. The van der Waals surface area contributed by atoms with Crippen molar-refractivity contribution in [2.24, 2.45) is 0 Å². The van der Waals surface area contributed by atoms with Crippen LogP contribution in [0, 0.1) is 11.8 Å². The lowest BCUT2D eigenvalue weighted by Gasteiger charge is -2.07. The molecule has 1 N–H and O–H groups in total. The molecule has 0 aliphatic heterocycles. The van der Waals surface area contributed by atoms with E-state index < -0.39 is 15.8 Å². The van der Waals surface area contributed by atoms with Gasteiger partial charge in [0.05, 0.1) is 12.0 Å². The van der Waals surface area contributed by atoms with Gasteiger partial charge in [0.15, 0.2) is 9.84 Å². The molecule has 0 aromatic heterocycles. The highest BCUT2D eigenvalue weighted by atomic mass is 32.2. The Kier molecular flexibility index (Phi) is 4.34. The highest BCUT2D eigenvalue weighted by molar-refractivity contribution is 7.91. The summed E-state index contributed by atoms with van der Waals surface area (Å²) in [4.78, 5) is 10.9. The summed E-state index contributed by atoms with van der Waals surface area (Å²) in [6.45, 7) is 1.53. The van der Waals surface area contributed by atoms with Gasteiger partial charge in [-0.05, 0) is 25.1 Å². The second-order valence-corrected chi connectivity index (χ2v) is 5.34. The van der Waals surface area contributed by atoms with Crippen molar-refractivity contribution < 1.29 is 23.1 Å². The Morgan fingerprint density at radius 3 is 2.61 bits per heavy atom. The number of carbonyl (C=O) groups is 1. The van der Waals surface area contributed by atoms with Crippen LogP contribution in [0.25, 0.3) is 0 Å². The minimum Gasteiger partial charge on any atom is -0.496 e. The van der Waals surface area contributed by atoms with Crippen molar-refractivity contribution in [3.8, 4) is 17.6 Å². The number of carboxylic acids is 1. The Bertz CT molecular complexity index is 620. The van der Waals surface area contributed by atoms with E-state index in [9.17, 15) is 13.2 Å². The third-order valence-electron chi connectivity index (χ3n) is 2.20. The largest absolute Gasteiger partial charge is 0.496 e. The molecule has 0 saturated heterocycles. The molecule has 6 heteroatoms. The number of aromatic carboxylic acids is 1. The van der Waals surface area contributed by atoms with E-state index >= 15 is 0 Å². The third-order valence-corrected chi connectivity index (χ3v) is 3.70.